The van der Waals surface area contributed by atoms with Crippen LogP contribution < -0.4 is 0 Å². The van der Waals surface area contributed by atoms with E-state index in [0.29, 0.717) is 16.5 Å². The second-order valence-electron chi connectivity index (χ2n) is 8.70. The molecule has 1 aliphatic rings. The van der Waals surface area contributed by atoms with E-state index in [0.717, 1.165) is 36.3 Å². The minimum atomic E-state index is -0.873. The van der Waals surface area contributed by atoms with E-state index >= 15 is 0 Å². The lowest BCUT2D eigenvalue weighted by Crippen LogP contribution is -2.14. The highest BCUT2D eigenvalue weighted by Crippen LogP contribution is 2.33. The predicted molar refractivity (Wildman–Crippen MR) is 120 cm³/mol. The van der Waals surface area contributed by atoms with Gasteiger partial charge in [0, 0.05) is 10.9 Å². The van der Waals surface area contributed by atoms with Gasteiger partial charge < -0.3 is 0 Å². The summed E-state index contributed by atoms with van der Waals surface area (Å²) < 4.78 is 41.7. The lowest BCUT2D eigenvalue weighted by Gasteiger charge is -2.27. The van der Waals surface area contributed by atoms with Gasteiger partial charge in [0.25, 0.3) is 0 Å². The van der Waals surface area contributed by atoms with Crippen LogP contribution in [0.5, 0.6) is 0 Å². The summed E-state index contributed by atoms with van der Waals surface area (Å²) in [6.07, 6.45) is 8.57. The van der Waals surface area contributed by atoms with E-state index in [2.05, 4.69) is 18.8 Å². The summed E-state index contributed by atoms with van der Waals surface area (Å²) >= 11 is 0. The molecule has 1 aliphatic carbocycles. The lowest BCUT2D eigenvalue weighted by atomic mass is 9.78. The van der Waals surface area contributed by atoms with E-state index < -0.39 is 11.6 Å². The SMILES string of the molecule is CCC1CCC(CCc2ccc(C#Cc3ccc4c(F)c(F)ccc4c3)c(F)c2)CC1. The predicted octanol–water partition coefficient (Wildman–Crippen LogP) is 7.81. The quantitative estimate of drug-likeness (QED) is 0.378. The Kier molecular flexibility index (Phi) is 6.66. The molecule has 0 aliphatic heterocycles. The summed E-state index contributed by atoms with van der Waals surface area (Å²) in [5.41, 5.74) is 1.99. The van der Waals surface area contributed by atoms with Crippen molar-refractivity contribution in [3.63, 3.8) is 0 Å². The van der Waals surface area contributed by atoms with Crippen LogP contribution in [0.2, 0.25) is 0 Å². The second-order valence-corrected chi connectivity index (χ2v) is 8.70. The molecule has 3 aromatic carbocycles. The van der Waals surface area contributed by atoms with Gasteiger partial charge in [-0.2, -0.15) is 0 Å². The molecule has 0 radical (unpaired) electrons. The van der Waals surface area contributed by atoms with Crippen LogP contribution in [0, 0.1) is 41.1 Å². The van der Waals surface area contributed by atoms with Gasteiger partial charge in [-0.05, 0) is 66.0 Å². The molecule has 0 spiro atoms. The molecule has 1 fully saturated rings. The molecular formula is C28H27F3. The van der Waals surface area contributed by atoms with Gasteiger partial charge in [0.05, 0.1) is 5.56 Å². The molecule has 0 aromatic heterocycles. The molecule has 0 heterocycles. The lowest BCUT2D eigenvalue weighted by molar-refractivity contribution is 0.259. The van der Waals surface area contributed by atoms with Crippen molar-refractivity contribution in [2.75, 3.05) is 0 Å². The Balaban J connectivity index is 1.42. The molecule has 3 aromatic rings. The zero-order chi connectivity index (χ0) is 21.8. The highest BCUT2D eigenvalue weighted by atomic mass is 19.2. The van der Waals surface area contributed by atoms with Gasteiger partial charge in [0.1, 0.15) is 5.82 Å². The molecular weight excluding hydrogens is 393 g/mol. The molecule has 0 unspecified atom stereocenters. The number of rotatable bonds is 4. The van der Waals surface area contributed by atoms with Gasteiger partial charge in [0.15, 0.2) is 11.6 Å². The third-order valence-corrected chi connectivity index (χ3v) is 6.67. The molecule has 4 rings (SSSR count). The van der Waals surface area contributed by atoms with E-state index in [1.54, 1.807) is 24.3 Å². The van der Waals surface area contributed by atoms with Crippen molar-refractivity contribution in [3.05, 3.63) is 82.7 Å². The first-order chi connectivity index (χ1) is 15.0. The van der Waals surface area contributed by atoms with Crippen LogP contribution in [0.3, 0.4) is 0 Å². The first-order valence-electron chi connectivity index (χ1n) is 11.2. The van der Waals surface area contributed by atoms with Gasteiger partial charge in [-0.25, -0.2) is 13.2 Å². The molecule has 0 amide bonds. The van der Waals surface area contributed by atoms with E-state index in [1.807, 2.05) is 6.07 Å². The summed E-state index contributed by atoms with van der Waals surface area (Å²) in [5.74, 6) is 5.42. The molecule has 3 heteroatoms. The van der Waals surface area contributed by atoms with Gasteiger partial charge in [-0.1, -0.05) is 69.1 Å². The molecule has 1 saturated carbocycles. The summed E-state index contributed by atoms with van der Waals surface area (Å²) in [6.45, 7) is 2.28. The third kappa shape index (κ3) is 5.13. The summed E-state index contributed by atoms with van der Waals surface area (Å²) in [5, 5.41) is 0.777. The van der Waals surface area contributed by atoms with Crippen molar-refractivity contribution in [3.8, 4) is 11.8 Å². The summed E-state index contributed by atoms with van der Waals surface area (Å²) in [7, 11) is 0. The van der Waals surface area contributed by atoms with Gasteiger partial charge in [-0.15, -0.1) is 0 Å². The minimum Gasteiger partial charge on any atom is -0.206 e. The number of aryl methyl sites for hydroxylation is 1. The Bertz CT molecular complexity index is 1130. The van der Waals surface area contributed by atoms with Crippen LogP contribution in [-0.4, -0.2) is 0 Å². The molecule has 31 heavy (non-hydrogen) atoms. The van der Waals surface area contributed by atoms with Crippen LogP contribution in [0.15, 0.2) is 48.5 Å². The fourth-order valence-corrected chi connectivity index (χ4v) is 4.60. The minimum absolute atomic E-state index is 0.212. The Labute approximate surface area is 182 Å². The Morgan fingerprint density at radius 1 is 0.806 bits per heavy atom. The van der Waals surface area contributed by atoms with Gasteiger partial charge in [-0.3, -0.25) is 0 Å². The van der Waals surface area contributed by atoms with Crippen molar-refractivity contribution < 1.29 is 13.2 Å². The Hall–Kier alpha value is -2.73. The monoisotopic (exact) mass is 420 g/mol. The largest absolute Gasteiger partial charge is 0.206 e. The molecule has 0 bridgehead atoms. The standard InChI is InChI=1S/C28H27F3/c1-2-19-3-5-20(6-4-19)7-8-22-10-13-23(27(30)18-22)12-9-21-11-15-25-24(17-21)14-16-26(29)28(25)31/h10-11,13-20H,2-8H2,1H3. The van der Waals surface area contributed by atoms with Crippen molar-refractivity contribution in [1.29, 1.82) is 0 Å². The molecule has 0 nitrogen and oxygen atoms in total. The number of hydrogen-bond acceptors (Lipinski definition) is 0. The molecule has 160 valence electrons. The van der Waals surface area contributed by atoms with Crippen LogP contribution in [0.25, 0.3) is 10.8 Å². The maximum atomic E-state index is 14.6. The number of hydrogen-bond donors (Lipinski definition) is 0. The maximum Gasteiger partial charge on any atom is 0.166 e. The first-order valence-corrected chi connectivity index (χ1v) is 11.2. The average molecular weight is 421 g/mol. The zero-order valence-electron chi connectivity index (χ0n) is 17.9. The highest BCUT2D eigenvalue weighted by Gasteiger charge is 2.19. The van der Waals surface area contributed by atoms with Gasteiger partial charge >= 0.3 is 0 Å². The maximum absolute atomic E-state index is 14.6. The summed E-state index contributed by atoms with van der Waals surface area (Å²) in [6, 6.07) is 12.7. The van der Waals surface area contributed by atoms with Crippen molar-refractivity contribution in [2.45, 2.75) is 51.9 Å². The summed E-state index contributed by atoms with van der Waals surface area (Å²) in [4.78, 5) is 0. The first kappa shape index (κ1) is 21.5. The number of fused-ring (bicyclic) bond motifs is 1. The zero-order valence-corrected chi connectivity index (χ0v) is 17.9. The van der Waals surface area contributed by atoms with Crippen LogP contribution in [0.1, 0.15) is 62.1 Å². The smallest absolute Gasteiger partial charge is 0.166 e. The normalized spacial score (nSPS) is 18.6. The van der Waals surface area contributed by atoms with Crippen molar-refractivity contribution in [2.24, 2.45) is 11.8 Å². The van der Waals surface area contributed by atoms with Crippen LogP contribution in [-0.2, 0) is 6.42 Å². The highest BCUT2D eigenvalue weighted by molar-refractivity contribution is 5.84. The fraction of sp³-hybridized carbons (Fsp3) is 0.357. The number of halogens is 3. The van der Waals surface area contributed by atoms with Crippen molar-refractivity contribution >= 4 is 10.8 Å². The third-order valence-electron chi connectivity index (χ3n) is 6.67. The average Bonchev–Trinajstić information content (AvgIpc) is 2.80. The molecule has 0 saturated heterocycles. The van der Waals surface area contributed by atoms with E-state index in [-0.39, 0.29) is 11.2 Å². The van der Waals surface area contributed by atoms with E-state index in [1.165, 1.54) is 44.2 Å². The fourth-order valence-electron chi connectivity index (χ4n) is 4.60. The van der Waals surface area contributed by atoms with Crippen LogP contribution >= 0.6 is 0 Å². The second kappa shape index (κ2) is 9.60. The Morgan fingerprint density at radius 3 is 2.32 bits per heavy atom. The topological polar surface area (TPSA) is 0 Å². The van der Waals surface area contributed by atoms with Crippen LogP contribution in [0.4, 0.5) is 13.2 Å². The van der Waals surface area contributed by atoms with Crippen molar-refractivity contribution in [1.82, 2.24) is 0 Å². The molecule has 0 N–H and O–H groups in total. The van der Waals surface area contributed by atoms with E-state index in [4.69, 9.17) is 0 Å². The van der Waals surface area contributed by atoms with E-state index in [9.17, 15) is 13.2 Å². The van der Waals surface area contributed by atoms with Gasteiger partial charge in [0.2, 0.25) is 0 Å². The molecule has 0 atom stereocenters. The Morgan fingerprint density at radius 2 is 1.58 bits per heavy atom. The number of benzene rings is 3.